The van der Waals surface area contributed by atoms with Crippen LogP contribution in [0.4, 0.5) is 0 Å². The van der Waals surface area contributed by atoms with Crippen LogP contribution in [0.15, 0.2) is 97.1 Å². The first-order chi connectivity index (χ1) is 19.3. The van der Waals surface area contributed by atoms with Crippen LogP contribution in [0.5, 0.6) is 0 Å². The van der Waals surface area contributed by atoms with E-state index in [0.29, 0.717) is 40.7 Å². The Labute approximate surface area is 234 Å². The fourth-order valence-corrected chi connectivity index (χ4v) is 5.20. The van der Waals surface area contributed by atoms with Crippen LogP contribution in [0, 0.1) is 11.3 Å². The molecule has 0 aromatic heterocycles. The quantitative estimate of drug-likeness (QED) is 0.359. The van der Waals surface area contributed by atoms with Crippen molar-refractivity contribution in [3.05, 3.63) is 130 Å². The molecule has 4 N–H and O–H groups in total. The predicted molar refractivity (Wildman–Crippen MR) is 153 cm³/mol. The number of hydrogen-bond donors (Lipinski definition) is 2. The summed E-state index contributed by atoms with van der Waals surface area (Å²) in [6, 6.07) is 32.8. The van der Waals surface area contributed by atoms with E-state index in [2.05, 4.69) is 29.3 Å². The molecule has 0 spiro atoms. The molecular formula is C34H32N3O3+. The van der Waals surface area contributed by atoms with E-state index in [1.807, 2.05) is 60.7 Å². The van der Waals surface area contributed by atoms with Gasteiger partial charge >= 0.3 is 5.97 Å². The third-order valence-electron chi connectivity index (χ3n) is 7.29. The van der Waals surface area contributed by atoms with Gasteiger partial charge in [0.25, 0.3) is 5.91 Å². The number of ether oxygens (including phenoxy) is 1. The molecular weight excluding hydrogens is 498 g/mol. The maximum Gasteiger partial charge on any atom is 0.368 e. The minimum atomic E-state index is -0.979. The molecule has 6 heteroatoms. The fourth-order valence-electron chi connectivity index (χ4n) is 5.20. The lowest BCUT2D eigenvalue weighted by Gasteiger charge is -2.22. The lowest BCUT2D eigenvalue weighted by molar-refractivity contribution is -0.456. The molecule has 2 atom stereocenters. The molecule has 1 aliphatic heterocycles. The summed E-state index contributed by atoms with van der Waals surface area (Å²) < 4.78 is 5.74. The van der Waals surface area contributed by atoms with Gasteiger partial charge in [0.1, 0.15) is 6.61 Å². The van der Waals surface area contributed by atoms with Crippen molar-refractivity contribution in [1.82, 2.24) is 5.32 Å². The maximum atomic E-state index is 13.7. The number of carbonyl (C=O) groups excluding carboxylic acids is 2. The summed E-state index contributed by atoms with van der Waals surface area (Å²) in [5.74, 6) is -0.650. The Hall–Kier alpha value is -4.73. The first kappa shape index (κ1) is 26.9. The Kier molecular flexibility index (Phi) is 7.77. The van der Waals surface area contributed by atoms with E-state index in [4.69, 9.17) is 4.74 Å². The molecule has 40 heavy (non-hydrogen) atoms. The normalized spacial score (nSPS) is 19.7. The highest BCUT2D eigenvalue weighted by molar-refractivity contribution is 5.96. The standard InChI is InChI=1S/C34H31N3O3/c1-34(36)20-24-9-7-8-23(16-24)14-15-31(26-10-3-2-4-11-26)37-32(38)29-18-25(22-40-33(34)39)17-28(19-29)30-13-6-5-12-27(30)21-35/h2-13,16-19,31H,14-15,20,22,36H2,1H3,(H,37,38)/p+1/t31-,34-/m1/s1. The van der Waals surface area contributed by atoms with Gasteiger partial charge in [0, 0.05) is 18.9 Å². The SMILES string of the molecule is C[C@@]1([NH3+])Cc2cccc(c2)CC[C@H](c2ccccc2)NC(=O)c2cc(cc(-c3ccccc3C#N)c2)COC1=O. The zero-order chi connectivity index (χ0) is 28.1. The molecule has 1 aliphatic rings. The lowest BCUT2D eigenvalue weighted by atomic mass is 9.91. The summed E-state index contributed by atoms with van der Waals surface area (Å²) >= 11 is 0. The number of cyclic esters (lactones) is 1. The van der Waals surface area contributed by atoms with Crippen molar-refractivity contribution in [3.63, 3.8) is 0 Å². The van der Waals surface area contributed by atoms with E-state index < -0.39 is 11.5 Å². The van der Waals surface area contributed by atoms with Gasteiger partial charge in [-0.25, -0.2) is 4.79 Å². The number of nitrogens with one attached hydrogen (secondary N) is 1. The molecule has 0 saturated carbocycles. The topological polar surface area (TPSA) is 107 Å². The van der Waals surface area contributed by atoms with E-state index in [1.54, 1.807) is 31.2 Å². The highest BCUT2D eigenvalue weighted by atomic mass is 16.5. The second kappa shape index (κ2) is 11.6. The number of quaternary nitrogens is 1. The monoisotopic (exact) mass is 530 g/mol. The van der Waals surface area contributed by atoms with Gasteiger partial charge in [-0.2, -0.15) is 5.26 Å². The molecule has 4 bridgehead atoms. The van der Waals surface area contributed by atoms with E-state index in [1.165, 1.54) is 0 Å². The number of nitrogens with zero attached hydrogens (tertiary/aromatic N) is 1. The summed E-state index contributed by atoms with van der Waals surface area (Å²) in [6.45, 7) is 1.77. The van der Waals surface area contributed by atoms with Gasteiger partial charge < -0.3 is 15.8 Å². The Morgan fingerprint density at radius 3 is 2.40 bits per heavy atom. The van der Waals surface area contributed by atoms with Crippen molar-refractivity contribution in [1.29, 1.82) is 5.26 Å². The van der Waals surface area contributed by atoms with Crippen molar-refractivity contribution < 1.29 is 20.1 Å². The summed E-state index contributed by atoms with van der Waals surface area (Å²) in [7, 11) is 0. The van der Waals surface area contributed by atoms with Crippen LogP contribution >= 0.6 is 0 Å². The van der Waals surface area contributed by atoms with Gasteiger partial charge in [-0.1, -0.05) is 72.8 Å². The Balaban J connectivity index is 1.58. The van der Waals surface area contributed by atoms with Gasteiger partial charge in [-0.05, 0) is 70.5 Å². The van der Waals surface area contributed by atoms with Crippen LogP contribution in [0.1, 0.15) is 57.6 Å². The molecule has 0 fully saturated rings. The molecule has 0 radical (unpaired) electrons. The first-order valence-electron chi connectivity index (χ1n) is 13.4. The highest BCUT2D eigenvalue weighted by Crippen LogP contribution is 2.28. The minimum absolute atomic E-state index is 0.0189. The number of aryl methyl sites for hydroxylation is 1. The van der Waals surface area contributed by atoms with Crippen LogP contribution in [-0.4, -0.2) is 17.4 Å². The van der Waals surface area contributed by atoms with E-state index >= 15 is 0 Å². The molecule has 4 aromatic carbocycles. The van der Waals surface area contributed by atoms with Gasteiger partial charge in [-0.15, -0.1) is 0 Å². The van der Waals surface area contributed by atoms with Gasteiger partial charge in [0.15, 0.2) is 5.54 Å². The molecule has 200 valence electrons. The number of carbonyl (C=O) groups is 2. The highest BCUT2D eigenvalue weighted by Gasteiger charge is 2.35. The van der Waals surface area contributed by atoms with Crippen molar-refractivity contribution >= 4 is 11.9 Å². The van der Waals surface area contributed by atoms with Gasteiger partial charge in [0.2, 0.25) is 0 Å². The predicted octanol–water partition coefficient (Wildman–Crippen LogP) is 4.93. The molecule has 1 amide bonds. The molecule has 5 rings (SSSR count). The Morgan fingerprint density at radius 2 is 1.60 bits per heavy atom. The van der Waals surface area contributed by atoms with Crippen molar-refractivity contribution in [2.75, 3.05) is 0 Å². The number of esters is 1. The van der Waals surface area contributed by atoms with Crippen LogP contribution < -0.4 is 11.1 Å². The molecule has 4 aromatic rings. The Bertz CT molecular complexity index is 1590. The molecule has 0 unspecified atom stereocenters. The van der Waals surface area contributed by atoms with Crippen LogP contribution in [0.2, 0.25) is 0 Å². The average molecular weight is 531 g/mol. The largest absolute Gasteiger partial charge is 0.456 e. The fraction of sp³-hybridized carbons (Fsp3) is 0.206. The molecule has 0 aliphatic carbocycles. The van der Waals surface area contributed by atoms with E-state index in [-0.39, 0.29) is 18.6 Å². The number of hydrogen-bond acceptors (Lipinski definition) is 4. The van der Waals surface area contributed by atoms with Crippen LogP contribution in [0.25, 0.3) is 11.1 Å². The molecule has 6 nitrogen and oxygen atoms in total. The van der Waals surface area contributed by atoms with Crippen molar-refractivity contribution in [2.45, 2.75) is 44.4 Å². The van der Waals surface area contributed by atoms with Crippen molar-refractivity contribution in [2.24, 2.45) is 0 Å². The zero-order valence-electron chi connectivity index (χ0n) is 22.5. The van der Waals surface area contributed by atoms with E-state index in [0.717, 1.165) is 23.1 Å². The number of rotatable bonds is 2. The third-order valence-corrected chi connectivity index (χ3v) is 7.29. The summed E-state index contributed by atoms with van der Waals surface area (Å²) in [6.07, 6.45) is 1.89. The number of amides is 1. The summed E-state index contributed by atoms with van der Waals surface area (Å²) in [5.41, 5.74) is 9.37. The van der Waals surface area contributed by atoms with Gasteiger partial charge in [-0.3, -0.25) is 4.79 Å². The zero-order valence-corrected chi connectivity index (χ0v) is 22.5. The van der Waals surface area contributed by atoms with E-state index in [9.17, 15) is 14.9 Å². The minimum Gasteiger partial charge on any atom is -0.456 e. The van der Waals surface area contributed by atoms with Crippen LogP contribution in [0.3, 0.4) is 0 Å². The average Bonchev–Trinajstić information content (AvgIpc) is 2.97. The number of fused-ring (bicyclic) bond motifs is 4. The molecule has 0 saturated heterocycles. The maximum absolute atomic E-state index is 13.7. The molecule has 1 heterocycles. The lowest BCUT2D eigenvalue weighted by Crippen LogP contribution is -2.76. The second-order valence-corrected chi connectivity index (χ2v) is 10.7. The summed E-state index contributed by atoms with van der Waals surface area (Å²) in [5, 5.41) is 12.9. The van der Waals surface area contributed by atoms with Gasteiger partial charge in [0.05, 0.1) is 17.7 Å². The Morgan fingerprint density at radius 1 is 0.875 bits per heavy atom. The van der Waals surface area contributed by atoms with Crippen LogP contribution in [-0.2, 0) is 29.0 Å². The first-order valence-corrected chi connectivity index (χ1v) is 13.4. The third kappa shape index (κ3) is 6.12. The smallest absolute Gasteiger partial charge is 0.368 e. The summed E-state index contributed by atoms with van der Waals surface area (Å²) in [4.78, 5) is 26.9. The number of benzene rings is 4. The van der Waals surface area contributed by atoms with Crippen molar-refractivity contribution in [3.8, 4) is 17.2 Å². The number of nitriles is 1. The second-order valence-electron chi connectivity index (χ2n) is 10.7.